The largest absolute Gasteiger partial charge is 0.398 e. The van der Waals surface area contributed by atoms with Crippen molar-refractivity contribution in [2.24, 2.45) is 0 Å². The number of rotatable bonds is 10. The molecule has 0 radical (unpaired) electrons. The Balaban J connectivity index is 2.54. The lowest BCUT2D eigenvalue weighted by Crippen LogP contribution is -2.07. The van der Waals surface area contributed by atoms with Crippen LogP contribution in [0.4, 0.5) is 10.1 Å². The van der Waals surface area contributed by atoms with E-state index in [0.717, 1.165) is 28.7 Å². The molecule has 0 aliphatic heterocycles. The topological polar surface area (TPSA) is 59.1 Å². The molecule has 0 amide bonds. The van der Waals surface area contributed by atoms with E-state index in [9.17, 15) is 4.39 Å². The summed E-state index contributed by atoms with van der Waals surface area (Å²) in [6.07, 6.45) is 9.14. The Kier molecular flexibility index (Phi) is 9.00. The van der Waals surface area contributed by atoms with Gasteiger partial charge in [-0.15, -0.1) is 0 Å². The van der Waals surface area contributed by atoms with Gasteiger partial charge in [0, 0.05) is 30.0 Å². The number of hydrogen-bond acceptors (Lipinski definition) is 3. The fourth-order valence-corrected chi connectivity index (χ4v) is 3.55. The summed E-state index contributed by atoms with van der Waals surface area (Å²) in [5.41, 5.74) is 12.5. The van der Waals surface area contributed by atoms with Crippen molar-refractivity contribution in [2.75, 3.05) is 18.9 Å². The van der Waals surface area contributed by atoms with Gasteiger partial charge in [-0.3, -0.25) is 0 Å². The van der Waals surface area contributed by atoms with Crippen LogP contribution in [0.5, 0.6) is 0 Å². The monoisotopic (exact) mass is 408 g/mol. The molecule has 30 heavy (non-hydrogen) atoms. The Hall–Kier alpha value is -2.72. The van der Waals surface area contributed by atoms with Gasteiger partial charge < -0.3 is 15.9 Å². The van der Waals surface area contributed by atoms with Crippen LogP contribution in [-0.4, -0.2) is 19.4 Å². The number of halogens is 1. The highest BCUT2D eigenvalue weighted by Gasteiger charge is 2.17. The Morgan fingerprint density at radius 2 is 2.03 bits per heavy atom. The number of benzene rings is 2. The van der Waals surface area contributed by atoms with Crippen LogP contribution in [0.1, 0.15) is 60.9 Å². The molecule has 1 atom stereocenters. The van der Waals surface area contributed by atoms with Crippen LogP contribution in [0.3, 0.4) is 0 Å². The highest BCUT2D eigenvalue weighted by atomic mass is 19.1. The summed E-state index contributed by atoms with van der Waals surface area (Å²) in [5.74, 6) is -0.126. The molecule has 0 heterocycles. The predicted molar refractivity (Wildman–Crippen MR) is 126 cm³/mol. The minimum atomic E-state index is -0.192. The van der Waals surface area contributed by atoms with Crippen LogP contribution >= 0.6 is 0 Å². The third-order valence-corrected chi connectivity index (χ3v) is 5.36. The minimum absolute atomic E-state index is 0.0662. The predicted octanol–water partition coefficient (Wildman–Crippen LogP) is 6.45. The van der Waals surface area contributed by atoms with E-state index in [1.807, 2.05) is 38.1 Å². The van der Waals surface area contributed by atoms with E-state index in [1.165, 1.54) is 12.3 Å². The number of anilines is 1. The lowest BCUT2D eigenvalue weighted by atomic mass is 9.85. The number of nitrogen functional groups attached to an aromatic ring is 1. The number of hydrogen-bond donors (Lipinski definition) is 2. The van der Waals surface area contributed by atoms with Crippen molar-refractivity contribution in [2.45, 2.75) is 46.5 Å². The molecule has 0 aromatic heterocycles. The smallest absolute Gasteiger partial charge is 0.126 e. The Bertz CT molecular complexity index is 931. The Morgan fingerprint density at radius 1 is 1.27 bits per heavy atom. The first-order chi connectivity index (χ1) is 14.4. The molecular weight excluding hydrogens is 375 g/mol. The molecule has 3 N–H and O–H groups in total. The summed E-state index contributed by atoms with van der Waals surface area (Å²) in [5, 5.41) is 7.81. The first kappa shape index (κ1) is 23.6. The first-order valence-electron chi connectivity index (χ1n) is 10.5. The summed E-state index contributed by atoms with van der Waals surface area (Å²) >= 11 is 0. The van der Waals surface area contributed by atoms with Crippen LogP contribution < -0.4 is 5.73 Å². The molecule has 0 aliphatic rings. The Labute approximate surface area is 180 Å². The molecule has 0 bridgehead atoms. The van der Waals surface area contributed by atoms with E-state index in [2.05, 4.69) is 25.1 Å². The Morgan fingerprint density at radius 3 is 2.67 bits per heavy atom. The molecule has 0 fully saturated rings. The van der Waals surface area contributed by atoms with E-state index >= 15 is 0 Å². The summed E-state index contributed by atoms with van der Waals surface area (Å²) in [6, 6.07) is 9.37. The highest BCUT2D eigenvalue weighted by molar-refractivity contribution is 5.89. The fourth-order valence-electron chi connectivity index (χ4n) is 3.55. The van der Waals surface area contributed by atoms with E-state index in [1.54, 1.807) is 6.92 Å². The van der Waals surface area contributed by atoms with Gasteiger partial charge >= 0.3 is 0 Å². The fraction of sp³-hybridized carbons (Fsp3) is 0.346. The molecule has 2 rings (SSSR count). The maximum absolute atomic E-state index is 13.8. The zero-order chi connectivity index (χ0) is 22.1. The maximum Gasteiger partial charge on any atom is 0.126 e. The molecule has 4 heteroatoms. The summed E-state index contributed by atoms with van der Waals surface area (Å²) in [4.78, 5) is 0. The first-order valence-corrected chi connectivity index (χ1v) is 10.5. The van der Waals surface area contributed by atoms with Gasteiger partial charge in [0.2, 0.25) is 0 Å². The van der Waals surface area contributed by atoms with Gasteiger partial charge in [-0.1, -0.05) is 37.3 Å². The molecular formula is C26H33FN2O. The second kappa shape index (κ2) is 11.5. The third-order valence-electron chi connectivity index (χ3n) is 5.36. The molecule has 0 saturated heterocycles. The van der Waals surface area contributed by atoms with Crippen LogP contribution in [0.2, 0.25) is 0 Å². The van der Waals surface area contributed by atoms with E-state index in [0.29, 0.717) is 36.4 Å². The van der Waals surface area contributed by atoms with Crippen molar-refractivity contribution < 1.29 is 9.13 Å². The lowest BCUT2D eigenvalue weighted by Gasteiger charge is -2.20. The van der Waals surface area contributed by atoms with E-state index in [4.69, 9.17) is 15.9 Å². The average molecular weight is 409 g/mol. The second-order valence-corrected chi connectivity index (χ2v) is 7.42. The number of nitrogens with two attached hydrogens (primary N) is 1. The molecule has 1 unspecified atom stereocenters. The van der Waals surface area contributed by atoms with Crippen molar-refractivity contribution in [3.63, 3.8) is 0 Å². The third kappa shape index (κ3) is 5.90. The standard InChI is InChI=1S/C26H33FN2O/c1-5-7-8-9-24(19(4)20-10-11-25(27)18(3)14-20)22-15-21(12-13-30-6-2)26(29)23(16-22)17-28/h5,7,9-11,14-17,19,28H,6,8,12-13,29H2,1-4H3/b7-5+,24-9+,28-17?. The normalized spacial score (nSPS) is 13.0. The lowest BCUT2D eigenvalue weighted by molar-refractivity contribution is 0.151. The summed E-state index contributed by atoms with van der Waals surface area (Å²) in [6.45, 7) is 9.14. The summed E-state index contributed by atoms with van der Waals surface area (Å²) < 4.78 is 19.3. The summed E-state index contributed by atoms with van der Waals surface area (Å²) in [7, 11) is 0. The average Bonchev–Trinajstić information content (AvgIpc) is 2.74. The molecule has 160 valence electrons. The quantitative estimate of drug-likeness (QED) is 0.205. The van der Waals surface area contributed by atoms with Crippen molar-refractivity contribution >= 4 is 17.5 Å². The number of nitrogens with one attached hydrogen (secondary N) is 1. The van der Waals surface area contributed by atoms with Crippen molar-refractivity contribution in [3.8, 4) is 0 Å². The molecule has 2 aromatic rings. The van der Waals surface area contributed by atoms with Gasteiger partial charge in [-0.2, -0.15) is 0 Å². The van der Waals surface area contributed by atoms with Gasteiger partial charge in [-0.25, -0.2) is 4.39 Å². The number of ether oxygens (including phenoxy) is 1. The molecule has 2 aromatic carbocycles. The van der Waals surface area contributed by atoms with Crippen molar-refractivity contribution in [1.82, 2.24) is 0 Å². The van der Waals surface area contributed by atoms with Gasteiger partial charge in [0.05, 0.1) is 6.61 Å². The van der Waals surface area contributed by atoms with Crippen LogP contribution in [0.25, 0.3) is 5.57 Å². The zero-order valence-electron chi connectivity index (χ0n) is 18.5. The molecule has 0 saturated carbocycles. The van der Waals surface area contributed by atoms with Gasteiger partial charge in [0.1, 0.15) is 5.82 Å². The number of aryl methyl sites for hydroxylation is 1. The highest BCUT2D eigenvalue weighted by Crippen LogP contribution is 2.35. The van der Waals surface area contributed by atoms with Crippen molar-refractivity contribution in [1.29, 1.82) is 5.41 Å². The molecule has 0 spiro atoms. The van der Waals surface area contributed by atoms with E-state index in [-0.39, 0.29) is 11.7 Å². The van der Waals surface area contributed by atoms with Crippen LogP contribution in [-0.2, 0) is 11.2 Å². The van der Waals surface area contributed by atoms with E-state index < -0.39 is 0 Å². The minimum Gasteiger partial charge on any atom is -0.398 e. The van der Waals surface area contributed by atoms with Crippen LogP contribution in [0.15, 0.2) is 48.6 Å². The zero-order valence-corrected chi connectivity index (χ0v) is 18.5. The maximum atomic E-state index is 13.8. The molecule has 0 aliphatic carbocycles. The SMILES string of the molecule is C/C=C/C/C=C(/c1cc(C=N)c(N)c(CCOCC)c1)C(C)c1ccc(F)c(C)c1. The van der Waals surface area contributed by atoms with Gasteiger partial charge in [0.15, 0.2) is 0 Å². The van der Waals surface area contributed by atoms with Crippen molar-refractivity contribution in [3.05, 3.63) is 82.2 Å². The molecule has 3 nitrogen and oxygen atoms in total. The van der Waals surface area contributed by atoms with Gasteiger partial charge in [0.25, 0.3) is 0 Å². The van der Waals surface area contributed by atoms with Crippen LogP contribution in [0, 0.1) is 18.2 Å². The second-order valence-electron chi connectivity index (χ2n) is 7.42. The van der Waals surface area contributed by atoms with Gasteiger partial charge in [-0.05, 0) is 79.6 Å². The number of allylic oxidation sites excluding steroid dienone is 4.